The van der Waals surface area contributed by atoms with E-state index in [4.69, 9.17) is 27.9 Å². The van der Waals surface area contributed by atoms with Crippen molar-refractivity contribution in [3.05, 3.63) is 52.0 Å². The summed E-state index contributed by atoms with van der Waals surface area (Å²) in [6.07, 6.45) is 0. The van der Waals surface area contributed by atoms with Gasteiger partial charge in [0.25, 0.3) is 5.91 Å². The van der Waals surface area contributed by atoms with Crippen molar-refractivity contribution in [2.24, 2.45) is 0 Å². The van der Waals surface area contributed by atoms with E-state index in [0.29, 0.717) is 31.9 Å². The van der Waals surface area contributed by atoms with Crippen LogP contribution in [0.3, 0.4) is 0 Å². The van der Waals surface area contributed by atoms with Gasteiger partial charge in [0.2, 0.25) is 0 Å². The summed E-state index contributed by atoms with van der Waals surface area (Å²) >= 11 is 16.1. The molecule has 2 rings (SSSR count). The van der Waals surface area contributed by atoms with Gasteiger partial charge in [0, 0.05) is 16.6 Å². The van der Waals surface area contributed by atoms with Gasteiger partial charge >= 0.3 is 0 Å². The molecule has 2 aromatic carbocycles. The van der Waals surface area contributed by atoms with Crippen molar-refractivity contribution in [3.63, 3.8) is 0 Å². The standard InChI is InChI=1S/C14H11Cl2NO2S/c1-19-13-6-8(2-4-12(13)16)17-14(18)10-7-9(20)3-5-11(10)15/h2-7,20H,1H3,(H,17,18). The van der Waals surface area contributed by atoms with Crippen molar-refractivity contribution in [2.75, 3.05) is 12.4 Å². The summed E-state index contributed by atoms with van der Waals surface area (Å²) in [5.41, 5.74) is 0.921. The lowest BCUT2D eigenvalue weighted by atomic mass is 10.2. The number of carbonyl (C=O) groups is 1. The van der Waals surface area contributed by atoms with Gasteiger partial charge in [-0.05, 0) is 30.3 Å². The third-order valence-corrected chi connectivity index (χ3v) is 3.52. The van der Waals surface area contributed by atoms with Gasteiger partial charge in [0.15, 0.2) is 0 Å². The first-order chi connectivity index (χ1) is 9.51. The minimum atomic E-state index is -0.324. The number of anilines is 1. The second-order valence-electron chi connectivity index (χ2n) is 3.97. The molecule has 0 atom stereocenters. The molecule has 3 nitrogen and oxygen atoms in total. The molecule has 2 aromatic rings. The van der Waals surface area contributed by atoms with E-state index in [9.17, 15) is 4.79 Å². The molecule has 0 aliphatic carbocycles. The van der Waals surface area contributed by atoms with E-state index in [2.05, 4.69) is 17.9 Å². The Hall–Kier alpha value is -1.36. The molecule has 0 saturated heterocycles. The van der Waals surface area contributed by atoms with Crippen molar-refractivity contribution in [1.82, 2.24) is 0 Å². The van der Waals surface area contributed by atoms with E-state index in [-0.39, 0.29) is 5.91 Å². The molecule has 1 amide bonds. The first-order valence-electron chi connectivity index (χ1n) is 5.64. The average Bonchev–Trinajstić information content (AvgIpc) is 2.43. The lowest BCUT2D eigenvalue weighted by molar-refractivity contribution is 0.102. The van der Waals surface area contributed by atoms with Crippen LogP contribution in [0.15, 0.2) is 41.3 Å². The number of nitrogens with one attached hydrogen (secondary N) is 1. The molecule has 0 bridgehead atoms. The quantitative estimate of drug-likeness (QED) is 0.812. The van der Waals surface area contributed by atoms with Gasteiger partial charge in [-0.3, -0.25) is 4.79 Å². The van der Waals surface area contributed by atoms with E-state index >= 15 is 0 Å². The Morgan fingerprint density at radius 1 is 1.15 bits per heavy atom. The number of methoxy groups -OCH3 is 1. The van der Waals surface area contributed by atoms with E-state index in [1.165, 1.54) is 7.11 Å². The molecule has 0 fully saturated rings. The third-order valence-electron chi connectivity index (χ3n) is 2.60. The molecule has 0 aliphatic heterocycles. The predicted octanol–water partition coefficient (Wildman–Crippen LogP) is 4.54. The normalized spacial score (nSPS) is 10.2. The summed E-state index contributed by atoms with van der Waals surface area (Å²) in [6, 6.07) is 9.91. The second kappa shape index (κ2) is 6.39. The van der Waals surface area contributed by atoms with Gasteiger partial charge in [-0.15, -0.1) is 12.6 Å². The Bertz CT molecular complexity index is 662. The maximum Gasteiger partial charge on any atom is 0.257 e. The smallest absolute Gasteiger partial charge is 0.257 e. The van der Waals surface area contributed by atoms with Crippen LogP contribution in [0.4, 0.5) is 5.69 Å². The maximum atomic E-state index is 12.2. The van der Waals surface area contributed by atoms with Crippen LogP contribution in [0.1, 0.15) is 10.4 Å². The van der Waals surface area contributed by atoms with Crippen LogP contribution in [-0.2, 0) is 0 Å². The highest BCUT2D eigenvalue weighted by Crippen LogP contribution is 2.28. The molecule has 104 valence electrons. The molecule has 0 saturated carbocycles. The predicted molar refractivity (Wildman–Crippen MR) is 84.7 cm³/mol. The number of halogens is 2. The number of amides is 1. The lowest BCUT2D eigenvalue weighted by Gasteiger charge is -2.09. The van der Waals surface area contributed by atoms with Crippen molar-refractivity contribution in [1.29, 1.82) is 0 Å². The zero-order chi connectivity index (χ0) is 14.7. The summed E-state index contributed by atoms with van der Waals surface area (Å²) < 4.78 is 5.09. The largest absolute Gasteiger partial charge is 0.495 e. The number of rotatable bonds is 3. The average molecular weight is 328 g/mol. The van der Waals surface area contributed by atoms with Crippen LogP contribution >= 0.6 is 35.8 Å². The monoisotopic (exact) mass is 327 g/mol. The van der Waals surface area contributed by atoms with Crippen LogP contribution in [0, 0.1) is 0 Å². The molecule has 1 N–H and O–H groups in total. The molecule has 0 unspecified atom stereocenters. The molecule has 0 spiro atoms. The SMILES string of the molecule is COc1cc(NC(=O)c2cc(S)ccc2Cl)ccc1Cl. The Morgan fingerprint density at radius 2 is 1.85 bits per heavy atom. The minimum absolute atomic E-state index is 0.324. The Balaban J connectivity index is 2.25. The zero-order valence-electron chi connectivity index (χ0n) is 10.5. The first kappa shape index (κ1) is 15.0. The highest BCUT2D eigenvalue weighted by molar-refractivity contribution is 7.80. The highest BCUT2D eigenvalue weighted by Gasteiger charge is 2.12. The minimum Gasteiger partial charge on any atom is -0.495 e. The van der Waals surface area contributed by atoms with E-state index in [1.807, 2.05) is 0 Å². The van der Waals surface area contributed by atoms with Crippen molar-refractivity contribution in [3.8, 4) is 5.75 Å². The Kier molecular flexibility index (Phi) is 4.81. The Labute approximate surface area is 132 Å². The zero-order valence-corrected chi connectivity index (χ0v) is 12.9. The molecule has 20 heavy (non-hydrogen) atoms. The molecule has 0 aromatic heterocycles. The van der Waals surface area contributed by atoms with Gasteiger partial charge in [-0.2, -0.15) is 0 Å². The molecular weight excluding hydrogens is 317 g/mol. The van der Waals surface area contributed by atoms with E-state index < -0.39 is 0 Å². The number of hydrogen-bond acceptors (Lipinski definition) is 3. The number of ether oxygens (including phenoxy) is 1. The number of carbonyl (C=O) groups excluding carboxylic acids is 1. The number of hydrogen-bond donors (Lipinski definition) is 2. The summed E-state index contributed by atoms with van der Waals surface area (Å²) in [6.45, 7) is 0. The summed E-state index contributed by atoms with van der Waals surface area (Å²) in [4.78, 5) is 12.8. The van der Waals surface area contributed by atoms with Crippen LogP contribution in [-0.4, -0.2) is 13.0 Å². The van der Waals surface area contributed by atoms with E-state index in [0.717, 1.165) is 0 Å². The second-order valence-corrected chi connectivity index (χ2v) is 5.30. The van der Waals surface area contributed by atoms with Gasteiger partial charge in [-0.25, -0.2) is 0 Å². The Morgan fingerprint density at radius 3 is 2.55 bits per heavy atom. The van der Waals surface area contributed by atoms with Crippen LogP contribution in [0.25, 0.3) is 0 Å². The topological polar surface area (TPSA) is 38.3 Å². The molecule has 0 radical (unpaired) electrons. The van der Waals surface area contributed by atoms with Gasteiger partial charge < -0.3 is 10.1 Å². The summed E-state index contributed by atoms with van der Waals surface area (Å²) in [5, 5.41) is 3.57. The lowest BCUT2D eigenvalue weighted by Crippen LogP contribution is -2.12. The molecular formula is C14H11Cl2NO2S. The van der Waals surface area contributed by atoms with Crippen molar-refractivity contribution < 1.29 is 9.53 Å². The van der Waals surface area contributed by atoms with Crippen LogP contribution < -0.4 is 10.1 Å². The van der Waals surface area contributed by atoms with Gasteiger partial charge in [0.1, 0.15) is 5.75 Å². The number of thiol groups is 1. The molecule has 6 heteroatoms. The van der Waals surface area contributed by atoms with Gasteiger partial charge in [0.05, 0.1) is 22.7 Å². The van der Waals surface area contributed by atoms with Crippen molar-refractivity contribution in [2.45, 2.75) is 4.90 Å². The molecule has 0 heterocycles. The maximum absolute atomic E-state index is 12.2. The van der Waals surface area contributed by atoms with E-state index in [1.54, 1.807) is 36.4 Å². The number of benzene rings is 2. The summed E-state index contributed by atoms with van der Waals surface area (Å²) in [5.74, 6) is 0.161. The molecule has 0 aliphatic rings. The van der Waals surface area contributed by atoms with Crippen LogP contribution in [0.2, 0.25) is 10.0 Å². The van der Waals surface area contributed by atoms with Crippen molar-refractivity contribution >= 4 is 47.4 Å². The first-order valence-corrected chi connectivity index (χ1v) is 6.85. The van der Waals surface area contributed by atoms with Gasteiger partial charge in [-0.1, -0.05) is 23.2 Å². The fraction of sp³-hybridized carbons (Fsp3) is 0.0714. The van der Waals surface area contributed by atoms with Crippen LogP contribution in [0.5, 0.6) is 5.75 Å². The summed E-state index contributed by atoms with van der Waals surface area (Å²) in [7, 11) is 1.51. The highest BCUT2D eigenvalue weighted by atomic mass is 35.5. The third kappa shape index (κ3) is 3.39. The fourth-order valence-corrected chi connectivity index (χ4v) is 2.22. The fourth-order valence-electron chi connectivity index (χ4n) is 1.62.